The minimum Gasteiger partial charge on any atom is -0.481 e. The highest BCUT2D eigenvalue weighted by Crippen LogP contribution is 2.24. The van der Waals surface area contributed by atoms with Gasteiger partial charge in [-0.3, -0.25) is 4.79 Å². The van der Waals surface area contributed by atoms with Gasteiger partial charge < -0.3 is 20.5 Å². The number of carbonyl (C=O) groups is 3. The predicted octanol–water partition coefficient (Wildman–Crippen LogP) is 2.55. The summed E-state index contributed by atoms with van der Waals surface area (Å²) in [6.45, 7) is 1.83. The first-order valence-corrected chi connectivity index (χ1v) is 7.90. The van der Waals surface area contributed by atoms with Gasteiger partial charge in [0.1, 0.15) is 0 Å². The molecule has 130 valence electrons. The number of aryl methyl sites for hydroxylation is 1. The Balaban J connectivity index is 1.93. The summed E-state index contributed by atoms with van der Waals surface area (Å²) < 4.78 is 4.67. The largest absolute Gasteiger partial charge is 0.481 e. The van der Waals surface area contributed by atoms with Gasteiger partial charge in [0.2, 0.25) is 0 Å². The zero-order valence-electron chi connectivity index (χ0n) is 13.8. The fraction of sp³-hybridized carbons (Fsp3) is 0.471. The molecular weight excluding hydrogens is 312 g/mol. The Morgan fingerprint density at radius 1 is 1.17 bits per heavy atom. The molecule has 24 heavy (non-hydrogen) atoms. The number of ether oxygens (including phenoxy) is 1. The standard InChI is InChI=1S/C17H22N2O5/c1-10-3-4-12(16(22)24-2)9-14(10)19-17(23)18-13-7-5-11(6-8-13)15(20)21/h3-4,9,11,13H,5-8H2,1-2H3,(H,20,21)(H2,18,19,23). The monoisotopic (exact) mass is 334 g/mol. The normalized spacial score (nSPS) is 20.1. The molecule has 0 spiro atoms. The van der Waals surface area contributed by atoms with Crippen LogP contribution >= 0.6 is 0 Å². The molecule has 0 aliphatic heterocycles. The van der Waals surface area contributed by atoms with Gasteiger partial charge in [-0.05, 0) is 50.3 Å². The van der Waals surface area contributed by atoms with E-state index < -0.39 is 11.9 Å². The molecule has 3 N–H and O–H groups in total. The van der Waals surface area contributed by atoms with Crippen molar-refractivity contribution in [2.24, 2.45) is 5.92 Å². The number of benzene rings is 1. The number of carboxylic acids is 1. The van der Waals surface area contributed by atoms with Gasteiger partial charge in [-0.2, -0.15) is 0 Å². The summed E-state index contributed by atoms with van der Waals surface area (Å²) in [6, 6.07) is 4.54. The van der Waals surface area contributed by atoms with Gasteiger partial charge in [-0.25, -0.2) is 9.59 Å². The van der Waals surface area contributed by atoms with Crippen LogP contribution in [0.2, 0.25) is 0 Å². The molecule has 1 fully saturated rings. The lowest BCUT2D eigenvalue weighted by atomic mass is 9.86. The summed E-state index contributed by atoms with van der Waals surface area (Å²) in [4.78, 5) is 34.6. The summed E-state index contributed by atoms with van der Waals surface area (Å²) >= 11 is 0. The van der Waals surface area contributed by atoms with Gasteiger partial charge in [0, 0.05) is 11.7 Å². The molecule has 0 radical (unpaired) electrons. The Morgan fingerprint density at radius 2 is 1.83 bits per heavy atom. The van der Waals surface area contributed by atoms with Gasteiger partial charge in [0.25, 0.3) is 0 Å². The molecule has 7 heteroatoms. The average Bonchev–Trinajstić information content (AvgIpc) is 2.56. The number of rotatable bonds is 4. The first-order chi connectivity index (χ1) is 11.4. The van der Waals surface area contributed by atoms with E-state index in [1.54, 1.807) is 18.2 Å². The molecule has 2 rings (SSSR count). The fourth-order valence-electron chi connectivity index (χ4n) is 2.83. The van der Waals surface area contributed by atoms with E-state index in [0.29, 0.717) is 36.9 Å². The van der Waals surface area contributed by atoms with Gasteiger partial charge in [-0.1, -0.05) is 6.07 Å². The van der Waals surface area contributed by atoms with Crippen LogP contribution in [0.3, 0.4) is 0 Å². The quantitative estimate of drug-likeness (QED) is 0.734. The number of carboxylic acid groups (broad SMARTS) is 1. The highest BCUT2D eigenvalue weighted by atomic mass is 16.5. The Hall–Kier alpha value is -2.57. The van der Waals surface area contributed by atoms with Crippen LogP contribution in [0.5, 0.6) is 0 Å². The summed E-state index contributed by atoms with van der Waals surface area (Å²) in [5.41, 5.74) is 1.72. The van der Waals surface area contributed by atoms with Crippen molar-refractivity contribution in [3.05, 3.63) is 29.3 Å². The minimum atomic E-state index is -0.770. The Bertz CT molecular complexity index is 636. The molecule has 1 aliphatic carbocycles. The summed E-state index contributed by atoms with van der Waals surface area (Å²) in [5.74, 6) is -1.55. The van der Waals surface area contributed by atoms with Gasteiger partial charge >= 0.3 is 18.0 Å². The van der Waals surface area contributed by atoms with E-state index in [9.17, 15) is 14.4 Å². The average molecular weight is 334 g/mol. The first kappa shape index (κ1) is 17.8. The van der Waals surface area contributed by atoms with Gasteiger partial charge in [0.15, 0.2) is 0 Å². The Morgan fingerprint density at radius 3 is 2.42 bits per heavy atom. The molecule has 1 aromatic rings. The molecule has 0 unspecified atom stereocenters. The zero-order chi connectivity index (χ0) is 17.7. The van der Waals surface area contributed by atoms with E-state index >= 15 is 0 Å². The van der Waals surface area contributed by atoms with Gasteiger partial charge in [0.05, 0.1) is 18.6 Å². The van der Waals surface area contributed by atoms with Crippen LogP contribution in [0.4, 0.5) is 10.5 Å². The zero-order valence-corrected chi connectivity index (χ0v) is 13.8. The highest BCUT2D eigenvalue weighted by molar-refractivity contribution is 5.94. The number of aliphatic carboxylic acids is 1. The molecule has 7 nitrogen and oxygen atoms in total. The lowest BCUT2D eigenvalue weighted by Crippen LogP contribution is -2.41. The van der Waals surface area contributed by atoms with Crippen LogP contribution in [0.15, 0.2) is 18.2 Å². The lowest BCUT2D eigenvalue weighted by Gasteiger charge is -2.27. The van der Waals surface area contributed by atoms with Crippen molar-refractivity contribution in [2.45, 2.75) is 38.6 Å². The molecule has 0 atom stereocenters. The maximum Gasteiger partial charge on any atom is 0.337 e. The molecular formula is C17H22N2O5. The van der Waals surface area contributed by atoms with Crippen LogP contribution in [0, 0.1) is 12.8 Å². The Labute approximate surface area is 140 Å². The van der Waals surface area contributed by atoms with Crippen molar-refractivity contribution in [2.75, 3.05) is 12.4 Å². The maximum atomic E-state index is 12.1. The van der Waals surface area contributed by atoms with Crippen LogP contribution < -0.4 is 10.6 Å². The van der Waals surface area contributed by atoms with Crippen molar-refractivity contribution in [1.82, 2.24) is 5.32 Å². The molecule has 2 amide bonds. The van der Waals surface area contributed by atoms with Crippen molar-refractivity contribution in [3.8, 4) is 0 Å². The second kappa shape index (κ2) is 7.81. The number of urea groups is 1. The molecule has 0 heterocycles. The minimum absolute atomic E-state index is 0.0373. The number of esters is 1. The number of amides is 2. The van der Waals surface area contributed by atoms with Crippen LogP contribution in [-0.2, 0) is 9.53 Å². The van der Waals surface area contributed by atoms with Crippen molar-refractivity contribution in [1.29, 1.82) is 0 Å². The third kappa shape index (κ3) is 4.47. The van der Waals surface area contributed by atoms with E-state index in [1.165, 1.54) is 7.11 Å². The van der Waals surface area contributed by atoms with Crippen molar-refractivity contribution in [3.63, 3.8) is 0 Å². The predicted molar refractivity (Wildman–Crippen MR) is 88.1 cm³/mol. The SMILES string of the molecule is COC(=O)c1ccc(C)c(NC(=O)NC2CCC(C(=O)O)CC2)c1. The summed E-state index contributed by atoms with van der Waals surface area (Å²) in [6.07, 6.45) is 2.42. The number of hydrogen-bond donors (Lipinski definition) is 3. The smallest absolute Gasteiger partial charge is 0.337 e. The lowest BCUT2D eigenvalue weighted by molar-refractivity contribution is -0.142. The van der Waals surface area contributed by atoms with Crippen LogP contribution in [-0.4, -0.2) is 36.2 Å². The van der Waals surface area contributed by atoms with Crippen molar-refractivity contribution < 1.29 is 24.2 Å². The van der Waals surface area contributed by atoms with E-state index in [0.717, 1.165) is 5.56 Å². The fourth-order valence-corrected chi connectivity index (χ4v) is 2.83. The van der Waals surface area contributed by atoms with E-state index in [1.807, 2.05) is 6.92 Å². The number of methoxy groups -OCH3 is 1. The first-order valence-electron chi connectivity index (χ1n) is 7.90. The second-order valence-electron chi connectivity index (χ2n) is 6.01. The Kier molecular flexibility index (Phi) is 5.78. The number of hydrogen-bond acceptors (Lipinski definition) is 4. The summed E-state index contributed by atoms with van der Waals surface area (Å²) in [7, 11) is 1.30. The van der Waals surface area contributed by atoms with E-state index in [4.69, 9.17) is 5.11 Å². The third-order valence-electron chi connectivity index (χ3n) is 4.32. The third-order valence-corrected chi connectivity index (χ3v) is 4.32. The van der Waals surface area contributed by atoms with Crippen LogP contribution in [0.25, 0.3) is 0 Å². The van der Waals surface area contributed by atoms with E-state index in [-0.39, 0.29) is 18.0 Å². The van der Waals surface area contributed by atoms with E-state index in [2.05, 4.69) is 15.4 Å². The number of nitrogens with one attached hydrogen (secondary N) is 2. The molecule has 1 aromatic carbocycles. The summed E-state index contributed by atoms with van der Waals surface area (Å²) in [5, 5.41) is 14.6. The topological polar surface area (TPSA) is 105 Å². The second-order valence-corrected chi connectivity index (χ2v) is 6.01. The molecule has 1 aliphatic rings. The molecule has 0 saturated heterocycles. The highest BCUT2D eigenvalue weighted by Gasteiger charge is 2.26. The van der Waals surface area contributed by atoms with Crippen LogP contribution in [0.1, 0.15) is 41.6 Å². The van der Waals surface area contributed by atoms with Gasteiger partial charge in [-0.15, -0.1) is 0 Å². The molecule has 0 aromatic heterocycles. The number of carbonyl (C=O) groups excluding carboxylic acids is 2. The molecule has 0 bridgehead atoms. The number of anilines is 1. The molecule has 1 saturated carbocycles. The maximum absolute atomic E-state index is 12.1. The van der Waals surface area contributed by atoms with Crippen molar-refractivity contribution >= 4 is 23.7 Å².